The van der Waals surface area contributed by atoms with E-state index < -0.39 is 33.3 Å². The van der Waals surface area contributed by atoms with Gasteiger partial charge < -0.3 is 14.0 Å². The van der Waals surface area contributed by atoms with Gasteiger partial charge in [0.1, 0.15) is 11.2 Å². The lowest BCUT2D eigenvalue weighted by Crippen LogP contribution is -2.27. The topological polar surface area (TPSA) is 119 Å². The quantitative estimate of drug-likeness (QED) is 0.810. The molecule has 0 fully saturated rings. The molecule has 0 spiro atoms. The van der Waals surface area contributed by atoms with Crippen molar-refractivity contribution in [2.24, 2.45) is 0 Å². The van der Waals surface area contributed by atoms with Crippen molar-refractivity contribution in [3.05, 3.63) is 23.8 Å². The first kappa shape index (κ1) is 17.8. The van der Waals surface area contributed by atoms with Crippen LogP contribution in [0.2, 0.25) is 0 Å². The van der Waals surface area contributed by atoms with E-state index in [1.54, 1.807) is 20.8 Å². The Morgan fingerprint density at radius 1 is 1.23 bits per heavy atom. The molecule has 0 saturated carbocycles. The number of rotatable bonds is 4. The Morgan fingerprint density at radius 3 is 2.27 bits per heavy atom. The van der Waals surface area contributed by atoms with E-state index in [1.165, 1.54) is 6.07 Å². The Morgan fingerprint density at radius 2 is 1.82 bits per heavy atom. The van der Waals surface area contributed by atoms with Gasteiger partial charge in [-0.05, 0) is 39.0 Å². The van der Waals surface area contributed by atoms with E-state index in [2.05, 4.69) is 9.50 Å². The molecule has 0 saturated heterocycles. The van der Waals surface area contributed by atoms with Gasteiger partial charge in [0.05, 0.1) is 6.26 Å². The van der Waals surface area contributed by atoms with Crippen molar-refractivity contribution in [2.45, 2.75) is 26.4 Å². The second-order valence-corrected chi connectivity index (χ2v) is 7.01. The summed E-state index contributed by atoms with van der Waals surface area (Å²) in [5.74, 6) is -1.74. The SMILES string of the molecule is CC(C)(C)OC(=O)Nc1ccc(OS(C)(=O)=O)c(C(=O)O)c1. The average Bonchev–Trinajstić information content (AvgIpc) is 2.26. The lowest BCUT2D eigenvalue weighted by molar-refractivity contribution is 0.0632. The van der Waals surface area contributed by atoms with Crippen LogP contribution in [-0.4, -0.2) is 37.4 Å². The third-order valence-corrected chi connectivity index (χ3v) is 2.58. The molecule has 0 atom stereocenters. The number of carboxylic acid groups (broad SMARTS) is 1. The summed E-state index contributed by atoms with van der Waals surface area (Å²) in [4.78, 5) is 22.8. The third-order valence-electron chi connectivity index (χ3n) is 2.10. The van der Waals surface area contributed by atoms with Gasteiger partial charge in [-0.1, -0.05) is 0 Å². The van der Waals surface area contributed by atoms with E-state index in [1.807, 2.05) is 0 Å². The van der Waals surface area contributed by atoms with Gasteiger partial charge in [0.25, 0.3) is 0 Å². The van der Waals surface area contributed by atoms with Crippen molar-refractivity contribution >= 4 is 27.9 Å². The number of nitrogens with one attached hydrogen (secondary N) is 1. The monoisotopic (exact) mass is 331 g/mol. The molecular weight excluding hydrogens is 314 g/mol. The number of benzene rings is 1. The summed E-state index contributed by atoms with van der Waals surface area (Å²) in [6.07, 6.45) is 0.0338. The van der Waals surface area contributed by atoms with Crippen LogP contribution in [0.5, 0.6) is 5.75 Å². The molecule has 1 aromatic rings. The van der Waals surface area contributed by atoms with Crippen molar-refractivity contribution in [3.8, 4) is 5.75 Å². The highest BCUT2D eigenvalue weighted by Crippen LogP contribution is 2.24. The van der Waals surface area contributed by atoms with Crippen molar-refractivity contribution < 1.29 is 32.0 Å². The molecule has 0 heterocycles. The fourth-order valence-corrected chi connectivity index (χ4v) is 1.90. The molecule has 8 nitrogen and oxygen atoms in total. The van der Waals surface area contributed by atoms with Crippen LogP contribution in [0.3, 0.4) is 0 Å². The fraction of sp³-hybridized carbons (Fsp3) is 0.385. The zero-order chi connectivity index (χ0) is 17.1. The van der Waals surface area contributed by atoms with Gasteiger partial charge >= 0.3 is 22.2 Å². The Hall–Kier alpha value is -2.29. The molecule has 0 aliphatic heterocycles. The second kappa shape index (κ2) is 6.22. The van der Waals surface area contributed by atoms with Gasteiger partial charge in [-0.25, -0.2) is 9.59 Å². The third kappa shape index (κ3) is 6.00. The number of carboxylic acids is 1. The summed E-state index contributed by atoms with van der Waals surface area (Å²) in [7, 11) is -3.87. The highest BCUT2D eigenvalue weighted by molar-refractivity contribution is 7.86. The van der Waals surface area contributed by atoms with Crippen LogP contribution in [0.1, 0.15) is 31.1 Å². The predicted molar refractivity (Wildman–Crippen MR) is 78.7 cm³/mol. The summed E-state index contributed by atoms with van der Waals surface area (Å²) in [6, 6.07) is 3.51. The van der Waals surface area contributed by atoms with E-state index in [0.717, 1.165) is 18.4 Å². The van der Waals surface area contributed by atoms with E-state index >= 15 is 0 Å². The first-order valence-electron chi connectivity index (χ1n) is 6.14. The molecule has 0 radical (unpaired) electrons. The number of hydrogen-bond donors (Lipinski definition) is 2. The van der Waals surface area contributed by atoms with Crippen molar-refractivity contribution in [1.29, 1.82) is 0 Å². The summed E-state index contributed by atoms with van der Waals surface area (Å²) in [5.41, 5.74) is -0.981. The highest BCUT2D eigenvalue weighted by atomic mass is 32.2. The smallest absolute Gasteiger partial charge is 0.412 e. The molecule has 1 amide bonds. The molecule has 2 N–H and O–H groups in total. The molecule has 1 aromatic carbocycles. The summed E-state index contributed by atoms with van der Waals surface area (Å²) in [6.45, 7) is 5.04. The molecule has 0 aliphatic carbocycles. The number of anilines is 1. The summed E-state index contributed by atoms with van der Waals surface area (Å²) in [5, 5.41) is 11.4. The minimum Gasteiger partial charge on any atom is -0.478 e. The van der Waals surface area contributed by atoms with Crippen LogP contribution in [-0.2, 0) is 14.9 Å². The van der Waals surface area contributed by atoms with Crippen molar-refractivity contribution in [3.63, 3.8) is 0 Å². The van der Waals surface area contributed by atoms with Crippen LogP contribution >= 0.6 is 0 Å². The Kier molecular flexibility index (Phi) is 5.02. The van der Waals surface area contributed by atoms with E-state index in [4.69, 9.17) is 9.84 Å². The number of carbonyl (C=O) groups is 2. The van der Waals surface area contributed by atoms with Gasteiger partial charge in [-0.15, -0.1) is 0 Å². The van der Waals surface area contributed by atoms with Gasteiger partial charge in [-0.3, -0.25) is 5.32 Å². The zero-order valence-electron chi connectivity index (χ0n) is 12.5. The van der Waals surface area contributed by atoms with Crippen LogP contribution in [0.25, 0.3) is 0 Å². The summed E-state index contributed by atoms with van der Waals surface area (Å²) >= 11 is 0. The van der Waals surface area contributed by atoms with Crippen LogP contribution < -0.4 is 9.50 Å². The molecule has 0 aliphatic rings. The molecule has 122 valence electrons. The van der Waals surface area contributed by atoms with E-state index in [-0.39, 0.29) is 11.4 Å². The largest absolute Gasteiger partial charge is 0.478 e. The van der Waals surface area contributed by atoms with E-state index in [0.29, 0.717) is 0 Å². The number of aromatic carboxylic acids is 1. The zero-order valence-corrected chi connectivity index (χ0v) is 13.4. The number of amides is 1. The minimum absolute atomic E-state index is 0.132. The molecule has 0 aromatic heterocycles. The maximum absolute atomic E-state index is 11.6. The molecule has 1 rings (SSSR count). The van der Waals surface area contributed by atoms with Crippen LogP contribution in [0.4, 0.5) is 10.5 Å². The van der Waals surface area contributed by atoms with Gasteiger partial charge in [0, 0.05) is 5.69 Å². The lowest BCUT2D eigenvalue weighted by atomic mass is 10.2. The Balaban J connectivity index is 3.03. The first-order valence-corrected chi connectivity index (χ1v) is 7.96. The van der Waals surface area contributed by atoms with Gasteiger partial charge in [-0.2, -0.15) is 8.42 Å². The van der Waals surface area contributed by atoms with Crippen LogP contribution in [0.15, 0.2) is 18.2 Å². The fourth-order valence-electron chi connectivity index (χ4n) is 1.43. The second-order valence-electron chi connectivity index (χ2n) is 5.43. The highest BCUT2D eigenvalue weighted by Gasteiger charge is 2.19. The van der Waals surface area contributed by atoms with Gasteiger partial charge in [0.2, 0.25) is 0 Å². The number of ether oxygens (including phenoxy) is 1. The van der Waals surface area contributed by atoms with Gasteiger partial charge in [0.15, 0.2) is 5.75 Å². The lowest BCUT2D eigenvalue weighted by Gasteiger charge is -2.19. The molecule has 0 bridgehead atoms. The summed E-state index contributed by atoms with van der Waals surface area (Å²) < 4.78 is 31.8. The van der Waals surface area contributed by atoms with Crippen molar-refractivity contribution in [2.75, 3.05) is 11.6 Å². The molecular formula is C13H17NO7S. The predicted octanol–water partition coefficient (Wildman–Crippen LogP) is 2.07. The Labute approximate surface area is 128 Å². The van der Waals surface area contributed by atoms with Crippen LogP contribution in [0, 0.1) is 0 Å². The minimum atomic E-state index is -3.87. The van der Waals surface area contributed by atoms with Crippen molar-refractivity contribution in [1.82, 2.24) is 0 Å². The Bertz CT molecular complexity index is 689. The number of carbonyl (C=O) groups excluding carboxylic acids is 1. The van der Waals surface area contributed by atoms with E-state index in [9.17, 15) is 18.0 Å². The average molecular weight is 331 g/mol. The standard InChI is InChI=1S/C13H17NO7S/c1-13(2,3)20-12(17)14-8-5-6-10(21-22(4,18)19)9(7-8)11(15)16/h5-7H,1-4H3,(H,14,17)(H,15,16). The number of hydrogen-bond acceptors (Lipinski definition) is 6. The molecule has 22 heavy (non-hydrogen) atoms. The maximum atomic E-state index is 11.6. The normalized spacial score (nSPS) is 11.6. The first-order chi connectivity index (χ1) is 9.87. The molecule has 9 heteroatoms. The molecule has 0 unspecified atom stereocenters. The maximum Gasteiger partial charge on any atom is 0.412 e.